The highest BCUT2D eigenvalue weighted by molar-refractivity contribution is 5.91. The average molecular weight is 531 g/mol. The molecule has 0 aliphatic carbocycles. The molecule has 5 amide bonds. The molecule has 11 nitrogen and oxygen atoms in total. The fraction of sp³-hybridized carbons (Fsp3) is 0.630. The summed E-state index contributed by atoms with van der Waals surface area (Å²) in [5, 5.41) is 11.4. The molecule has 210 valence electrons. The van der Waals surface area contributed by atoms with Crippen LogP contribution in [-0.4, -0.2) is 90.2 Å². The molecular formula is C27H42N6O5. The highest BCUT2D eigenvalue weighted by atomic mass is 16.6. The maximum absolute atomic E-state index is 14.0. The van der Waals surface area contributed by atoms with E-state index in [1.807, 2.05) is 40.7 Å². The van der Waals surface area contributed by atoms with Crippen LogP contribution in [0.2, 0.25) is 0 Å². The smallest absolute Gasteiger partial charge is 0.412 e. The van der Waals surface area contributed by atoms with Crippen molar-refractivity contribution in [2.24, 2.45) is 5.41 Å². The lowest BCUT2D eigenvalue weighted by Gasteiger charge is -2.37. The van der Waals surface area contributed by atoms with Gasteiger partial charge in [-0.3, -0.25) is 14.9 Å². The average Bonchev–Trinajstić information content (AvgIpc) is 3.42. The number of fused-ring (bicyclic) bond motifs is 1. The molecule has 5 atom stereocenters. The molecule has 0 bridgehead atoms. The topological polar surface area (TPSA) is 132 Å². The molecule has 1 aromatic carbocycles. The predicted molar refractivity (Wildman–Crippen MR) is 145 cm³/mol. The first kappa shape index (κ1) is 29.2. The minimum Gasteiger partial charge on any atom is -0.442 e. The summed E-state index contributed by atoms with van der Waals surface area (Å²) in [7, 11) is 1.68. The van der Waals surface area contributed by atoms with Gasteiger partial charge in [0.2, 0.25) is 11.8 Å². The number of carbonyl (C=O) groups excluding carboxylic acids is 4. The Balaban J connectivity index is 1.86. The van der Waals surface area contributed by atoms with Crippen molar-refractivity contribution in [3.8, 4) is 0 Å². The second-order valence-electron chi connectivity index (χ2n) is 11.4. The second-order valence-corrected chi connectivity index (χ2v) is 11.4. The number of likely N-dealkylation sites (N-methyl/N-ethyl adjacent to an activating group) is 1. The molecule has 2 fully saturated rings. The first-order valence-corrected chi connectivity index (χ1v) is 13.2. The Morgan fingerprint density at radius 2 is 1.66 bits per heavy atom. The van der Waals surface area contributed by atoms with Crippen LogP contribution in [0.15, 0.2) is 30.3 Å². The van der Waals surface area contributed by atoms with E-state index < -0.39 is 35.7 Å². The number of hydrogen-bond donors (Lipinski definition) is 4. The van der Waals surface area contributed by atoms with Crippen LogP contribution in [0.1, 0.15) is 48.0 Å². The van der Waals surface area contributed by atoms with Crippen molar-refractivity contribution >= 4 is 29.6 Å². The molecule has 4 N–H and O–H groups in total. The molecule has 3 rings (SSSR count). The van der Waals surface area contributed by atoms with Gasteiger partial charge in [-0.05, 0) is 51.8 Å². The molecule has 2 heterocycles. The lowest BCUT2D eigenvalue weighted by atomic mass is 9.85. The Labute approximate surface area is 225 Å². The van der Waals surface area contributed by atoms with Gasteiger partial charge in [-0.1, -0.05) is 39.0 Å². The molecule has 1 aromatic rings. The van der Waals surface area contributed by atoms with E-state index in [1.165, 1.54) is 0 Å². The summed E-state index contributed by atoms with van der Waals surface area (Å²) in [4.78, 5) is 55.9. The van der Waals surface area contributed by atoms with Gasteiger partial charge in [-0.25, -0.2) is 9.59 Å². The number of amides is 5. The Kier molecular flexibility index (Phi) is 9.24. The molecule has 0 spiro atoms. The van der Waals surface area contributed by atoms with Gasteiger partial charge in [0.05, 0.1) is 24.7 Å². The van der Waals surface area contributed by atoms with Gasteiger partial charge in [-0.2, -0.15) is 0 Å². The van der Waals surface area contributed by atoms with Crippen LogP contribution in [0.5, 0.6) is 0 Å². The number of likely N-dealkylation sites (tertiary alicyclic amines) is 2. The summed E-state index contributed by atoms with van der Waals surface area (Å²) >= 11 is 0. The third-order valence-electron chi connectivity index (χ3n) is 7.04. The summed E-state index contributed by atoms with van der Waals surface area (Å²) in [6.45, 7) is 11.7. The number of nitrogens with zero attached hydrogens (tertiary/aromatic N) is 2. The van der Waals surface area contributed by atoms with Crippen LogP contribution >= 0.6 is 0 Å². The van der Waals surface area contributed by atoms with Crippen LogP contribution in [-0.2, 0) is 14.3 Å². The van der Waals surface area contributed by atoms with E-state index in [2.05, 4.69) is 21.3 Å². The number of carbonyl (C=O) groups is 4. The lowest BCUT2D eigenvalue weighted by Crippen LogP contribution is -2.59. The van der Waals surface area contributed by atoms with Crippen LogP contribution in [0.4, 0.5) is 15.3 Å². The fourth-order valence-electron chi connectivity index (χ4n) is 4.97. The van der Waals surface area contributed by atoms with Gasteiger partial charge in [0.1, 0.15) is 12.1 Å². The third kappa shape index (κ3) is 6.75. The minimum absolute atomic E-state index is 0.0731. The molecule has 38 heavy (non-hydrogen) atoms. The lowest BCUT2D eigenvalue weighted by molar-refractivity contribution is -0.141. The highest BCUT2D eigenvalue weighted by Crippen LogP contribution is 2.36. The van der Waals surface area contributed by atoms with Crippen molar-refractivity contribution in [1.82, 2.24) is 25.8 Å². The predicted octanol–water partition coefficient (Wildman–Crippen LogP) is 2.15. The Hall–Kier alpha value is -3.34. The maximum atomic E-state index is 14.0. The zero-order valence-corrected chi connectivity index (χ0v) is 23.4. The molecule has 5 unspecified atom stereocenters. The largest absolute Gasteiger partial charge is 0.442 e. The van der Waals surface area contributed by atoms with E-state index >= 15 is 0 Å². The van der Waals surface area contributed by atoms with Crippen molar-refractivity contribution in [3.63, 3.8) is 0 Å². The van der Waals surface area contributed by atoms with Gasteiger partial charge >= 0.3 is 12.1 Å². The zero-order chi connectivity index (χ0) is 28.2. The minimum atomic E-state index is -0.804. The number of benzene rings is 1. The van der Waals surface area contributed by atoms with Crippen molar-refractivity contribution < 1.29 is 23.9 Å². The van der Waals surface area contributed by atoms with E-state index in [0.29, 0.717) is 18.7 Å². The van der Waals surface area contributed by atoms with Gasteiger partial charge in [-0.15, -0.1) is 0 Å². The van der Waals surface area contributed by atoms with E-state index in [1.54, 1.807) is 48.0 Å². The summed E-state index contributed by atoms with van der Waals surface area (Å²) in [5.41, 5.74) is 0.00193. The van der Waals surface area contributed by atoms with Crippen molar-refractivity contribution in [2.75, 3.05) is 25.5 Å². The molecule has 0 radical (unpaired) electrons. The number of anilines is 1. The van der Waals surface area contributed by atoms with Crippen molar-refractivity contribution in [2.45, 2.75) is 84.3 Å². The van der Waals surface area contributed by atoms with E-state index in [4.69, 9.17) is 4.74 Å². The van der Waals surface area contributed by atoms with Crippen molar-refractivity contribution in [1.29, 1.82) is 0 Å². The molecule has 2 saturated heterocycles. The Morgan fingerprint density at radius 1 is 1.00 bits per heavy atom. The fourth-order valence-corrected chi connectivity index (χ4v) is 4.97. The number of ether oxygens (including phenoxy) is 1. The summed E-state index contributed by atoms with van der Waals surface area (Å²) < 4.78 is 5.83. The van der Waals surface area contributed by atoms with Gasteiger partial charge in [0.15, 0.2) is 0 Å². The number of nitrogens with one attached hydrogen (secondary N) is 4. The number of para-hydroxylation sites is 1. The molecular weight excluding hydrogens is 488 g/mol. The first-order chi connectivity index (χ1) is 17.8. The zero-order valence-electron chi connectivity index (χ0n) is 23.4. The molecule has 11 heteroatoms. The van der Waals surface area contributed by atoms with Crippen molar-refractivity contribution in [3.05, 3.63) is 30.3 Å². The summed E-state index contributed by atoms with van der Waals surface area (Å²) in [5.74, 6) is -0.541. The van der Waals surface area contributed by atoms with E-state index in [-0.39, 0.29) is 36.5 Å². The molecule has 2 aliphatic rings. The highest BCUT2D eigenvalue weighted by Gasteiger charge is 2.55. The SMILES string of the molecule is CNC(C)C(=O)NC(C(=O)N1CCC2C1C(OC(=O)Nc1ccccc1)CN2C(=O)NC(C)C)C(C)(C)C. The number of hydrogen-bond acceptors (Lipinski definition) is 6. The van der Waals surface area contributed by atoms with Gasteiger partial charge in [0, 0.05) is 18.3 Å². The van der Waals surface area contributed by atoms with E-state index in [0.717, 1.165) is 0 Å². The number of urea groups is 1. The molecule has 0 saturated carbocycles. The second kappa shape index (κ2) is 12.0. The molecule has 0 aromatic heterocycles. The number of rotatable bonds is 7. The van der Waals surface area contributed by atoms with Gasteiger partial charge < -0.3 is 30.5 Å². The van der Waals surface area contributed by atoms with Crippen LogP contribution in [0, 0.1) is 5.41 Å². The Bertz CT molecular complexity index is 1010. The monoisotopic (exact) mass is 530 g/mol. The summed E-state index contributed by atoms with van der Waals surface area (Å²) in [6.07, 6.45) is -0.852. The first-order valence-electron chi connectivity index (χ1n) is 13.2. The third-order valence-corrected chi connectivity index (χ3v) is 7.04. The van der Waals surface area contributed by atoms with Gasteiger partial charge in [0.25, 0.3) is 0 Å². The molecule has 2 aliphatic heterocycles. The van der Waals surface area contributed by atoms with E-state index in [9.17, 15) is 19.2 Å². The quantitative estimate of drug-likeness (QED) is 0.427. The van der Waals surface area contributed by atoms with Crippen LogP contribution in [0.25, 0.3) is 0 Å². The maximum Gasteiger partial charge on any atom is 0.412 e. The normalized spacial score (nSPS) is 22.5. The summed E-state index contributed by atoms with van der Waals surface area (Å²) in [6, 6.07) is 6.46. The van der Waals surface area contributed by atoms with Crippen LogP contribution in [0.3, 0.4) is 0 Å². The Morgan fingerprint density at radius 3 is 2.24 bits per heavy atom. The van der Waals surface area contributed by atoms with Crippen LogP contribution < -0.4 is 21.3 Å². The standard InChI is InChI=1S/C27H42N6O5/c1-16(2)29-25(36)33-15-20(38-26(37)30-18-11-9-8-10-12-18)21-19(33)13-14-32(21)24(35)22(27(4,5)6)31-23(34)17(3)28-7/h8-12,16-17,19-22,28H,13-15H2,1-7H3,(H,29,36)(H,30,37)(H,31,34).